The van der Waals surface area contributed by atoms with Crippen LogP contribution in [0, 0.1) is 0 Å². The van der Waals surface area contributed by atoms with E-state index in [-0.39, 0.29) is 23.9 Å². The molecule has 0 saturated carbocycles. The molecule has 0 aliphatic heterocycles. The van der Waals surface area contributed by atoms with Crippen LogP contribution >= 0.6 is 0 Å². The topological polar surface area (TPSA) is 69.2 Å². The molecule has 0 unspecified atom stereocenters. The number of para-hydroxylation sites is 1. The third-order valence-electron chi connectivity index (χ3n) is 3.51. The monoisotopic (exact) mass is 365 g/mol. The number of nitrogens with zero attached hydrogens (tertiary/aromatic N) is 2. The van der Waals surface area contributed by atoms with Crippen molar-refractivity contribution in [3.63, 3.8) is 0 Å². The lowest BCUT2D eigenvalue weighted by molar-refractivity contribution is -0.139. The second-order valence-corrected chi connectivity index (χ2v) is 5.17. The summed E-state index contributed by atoms with van der Waals surface area (Å²) in [7, 11) is 2.86. The van der Waals surface area contributed by atoms with E-state index in [0.29, 0.717) is 11.1 Å². The standard InChI is InChI=1S/C18H18F3N3O2/c1-23-17(22)16(24-25-2)13-8-4-3-7-12(13)11-26-15-10-6-5-9-14(15)18(19,20)21/h3-10H,11H2,1-2H3,(H2,22,23). The molecule has 0 saturated heterocycles. The number of aliphatic imine (C=N–C) groups is 1. The van der Waals surface area contributed by atoms with Crippen LogP contribution in [-0.2, 0) is 17.6 Å². The van der Waals surface area contributed by atoms with Gasteiger partial charge < -0.3 is 15.3 Å². The molecule has 2 aromatic carbocycles. The maximum absolute atomic E-state index is 13.1. The van der Waals surface area contributed by atoms with Crippen LogP contribution < -0.4 is 10.5 Å². The van der Waals surface area contributed by atoms with E-state index in [1.807, 2.05) is 0 Å². The number of rotatable bonds is 6. The van der Waals surface area contributed by atoms with Crippen LogP contribution in [0.5, 0.6) is 5.75 Å². The number of oxime groups is 1. The Kier molecular flexibility index (Phi) is 6.21. The van der Waals surface area contributed by atoms with Crippen molar-refractivity contribution in [2.24, 2.45) is 15.9 Å². The SMILES string of the molecule is CN=C(N)C(=NOC)c1ccccc1COc1ccccc1C(F)(F)F. The Hall–Kier alpha value is -3.03. The van der Waals surface area contributed by atoms with Crippen LogP contribution in [-0.4, -0.2) is 25.7 Å². The van der Waals surface area contributed by atoms with Gasteiger partial charge in [0.05, 0.1) is 5.56 Å². The van der Waals surface area contributed by atoms with Gasteiger partial charge in [-0.1, -0.05) is 41.6 Å². The smallest absolute Gasteiger partial charge is 0.419 e. The Balaban J connectivity index is 2.35. The minimum Gasteiger partial charge on any atom is -0.488 e. The number of halogens is 3. The van der Waals surface area contributed by atoms with Gasteiger partial charge in [0.2, 0.25) is 0 Å². The minimum atomic E-state index is -4.50. The maximum atomic E-state index is 13.1. The molecule has 26 heavy (non-hydrogen) atoms. The summed E-state index contributed by atoms with van der Waals surface area (Å²) in [6.07, 6.45) is -4.50. The average molecular weight is 365 g/mol. The molecule has 8 heteroatoms. The molecular weight excluding hydrogens is 347 g/mol. The van der Waals surface area contributed by atoms with E-state index in [9.17, 15) is 13.2 Å². The maximum Gasteiger partial charge on any atom is 0.419 e. The second-order valence-electron chi connectivity index (χ2n) is 5.17. The van der Waals surface area contributed by atoms with Gasteiger partial charge in [-0.05, 0) is 17.7 Å². The van der Waals surface area contributed by atoms with Crippen LogP contribution in [0.2, 0.25) is 0 Å². The zero-order valence-corrected chi connectivity index (χ0v) is 14.2. The Morgan fingerprint density at radius 2 is 1.73 bits per heavy atom. The predicted molar refractivity (Wildman–Crippen MR) is 93.3 cm³/mol. The van der Waals surface area contributed by atoms with Gasteiger partial charge in [0, 0.05) is 12.6 Å². The lowest BCUT2D eigenvalue weighted by atomic mass is 10.0. The van der Waals surface area contributed by atoms with E-state index < -0.39 is 11.7 Å². The quantitative estimate of drug-likeness (QED) is 0.483. The van der Waals surface area contributed by atoms with Crippen LogP contribution in [0.1, 0.15) is 16.7 Å². The molecule has 138 valence electrons. The van der Waals surface area contributed by atoms with Gasteiger partial charge in [-0.2, -0.15) is 13.2 Å². The first-order chi connectivity index (χ1) is 12.4. The van der Waals surface area contributed by atoms with Crippen LogP contribution in [0.25, 0.3) is 0 Å². The van der Waals surface area contributed by atoms with Crippen molar-refractivity contribution in [2.45, 2.75) is 12.8 Å². The van der Waals surface area contributed by atoms with Gasteiger partial charge in [0.15, 0.2) is 5.71 Å². The van der Waals surface area contributed by atoms with E-state index >= 15 is 0 Å². The molecule has 0 bridgehead atoms. The Morgan fingerprint density at radius 3 is 2.38 bits per heavy atom. The summed E-state index contributed by atoms with van der Waals surface area (Å²) in [6.45, 7) is -0.108. The lowest BCUT2D eigenvalue weighted by Crippen LogP contribution is -2.26. The normalized spacial score (nSPS) is 12.8. The third-order valence-corrected chi connectivity index (χ3v) is 3.51. The Labute approximate surface area is 148 Å². The lowest BCUT2D eigenvalue weighted by Gasteiger charge is -2.15. The molecule has 2 aromatic rings. The average Bonchev–Trinajstić information content (AvgIpc) is 2.63. The second kappa shape index (κ2) is 8.37. The van der Waals surface area contributed by atoms with Crippen molar-refractivity contribution in [2.75, 3.05) is 14.2 Å². The number of nitrogens with two attached hydrogens (primary N) is 1. The van der Waals surface area contributed by atoms with Gasteiger partial charge in [0.1, 0.15) is 25.3 Å². The van der Waals surface area contributed by atoms with Gasteiger partial charge >= 0.3 is 6.18 Å². The molecule has 0 aromatic heterocycles. The molecule has 5 nitrogen and oxygen atoms in total. The van der Waals surface area contributed by atoms with E-state index in [1.165, 1.54) is 32.4 Å². The summed E-state index contributed by atoms with van der Waals surface area (Å²) >= 11 is 0. The summed E-state index contributed by atoms with van der Waals surface area (Å²) in [5.41, 5.74) is 6.43. The number of benzene rings is 2. The van der Waals surface area contributed by atoms with E-state index in [0.717, 1.165) is 6.07 Å². The largest absolute Gasteiger partial charge is 0.488 e. The van der Waals surface area contributed by atoms with Crippen molar-refractivity contribution >= 4 is 11.5 Å². The van der Waals surface area contributed by atoms with Crippen LogP contribution in [0.15, 0.2) is 58.7 Å². The number of amidine groups is 1. The van der Waals surface area contributed by atoms with Crippen molar-refractivity contribution in [1.82, 2.24) is 0 Å². The fourth-order valence-corrected chi connectivity index (χ4v) is 2.29. The molecule has 0 heterocycles. The first-order valence-corrected chi connectivity index (χ1v) is 7.59. The van der Waals surface area contributed by atoms with Gasteiger partial charge in [0.25, 0.3) is 0 Å². The molecule has 0 atom stereocenters. The van der Waals surface area contributed by atoms with Crippen LogP contribution in [0.4, 0.5) is 13.2 Å². The number of hydrogen-bond donors (Lipinski definition) is 1. The molecule has 0 aliphatic rings. The predicted octanol–water partition coefficient (Wildman–Crippen LogP) is 3.62. The first kappa shape index (κ1) is 19.3. The highest BCUT2D eigenvalue weighted by atomic mass is 19.4. The van der Waals surface area contributed by atoms with Gasteiger partial charge in [-0.3, -0.25) is 4.99 Å². The van der Waals surface area contributed by atoms with Crippen molar-refractivity contribution < 1.29 is 22.7 Å². The fourth-order valence-electron chi connectivity index (χ4n) is 2.29. The summed E-state index contributed by atoms with van der Waals surface area (Å²) < 4.78 is 44.7. The Bertz CT molecular complexity index is 817. The minimum absolute atomic E-state index is 0.108. The molecule has 2 rings (SSSR count). The molecule has 0 amide bonds. The van der Waals surface area contributed by atoms with E-state index in [1.54, 1.807) is 24.3 Å². The van der Waals surface area contributed by atoms with Gasteiger partial charge in [-0.15, -0.1) is 0 Å². The van der Waals surface area contributed by atoms with Crippen molar-refractivity contribution in [3.05, 3.63) is 65.2 Å². The summed E-state index contributed by atoms with van der Waals surface area (Å²) in [6, 6.07) is 11.9. The summed E-state index contributed by atoms with van der Waals surface area (Å²) in [5.74, 6) is -0.118. The number of hydrogen-bond acceptors (Lipinski definition) is 4. The first-order valence-electron chi connectivity index (χ1n) is 7.59. The highest BCUT2D eigenvalue weighted by Crippen LogP contribution is 2.36. The molecular formula is C18H18F3N3O2. The van der Waals surface area contributed by atoms with Crippen LogP contribution in [0.3, 0.4) is 0 Å². The Morgan fingerprint density at radius 1 is 1.08 bits per heavy atom. The van der Waals surface area contributed by atoms with E-state index in [2.05, 4.69) is 10.1 Å². The highest BCUT2D eigenvalue weighted by Gasteiger charge is 2.34. The molecule has 0 spiro atoms. The third kappa shape index (κ3) is 4.53. The highest BCUT2D eigenvalue weighted by molar-refractivity contribution is 6.47. The molecule has 0 fully saturated rings. The molecule has 2 N–H and O–H groups in total. The fraction of sp³-hybridized carbons (Fsp3) is 0.222. The summed E-state index contributed by atoms with van der Waals surface area (Å²) in [5, 5.41) is 3.86. The number of ether oxygens (including phenoxy) is 1. The van der Waals surface area contributed by atoms with Crippen molar-refractivity contribution in [1.29, 1.82) is 0 Å². The zero-order valence-electron chi connectivity index (χ0n) is 14.2. The summed E-state index contributed by atoms with van der Waals surface area (Å²) in [4.78, 5) is 8.68. The number of alkyl halides is 3. The molecule has 0 aliphatic carbocycles. The van der Waals surface area contributed by atoms with Crippen molar-refractivity contribution in [3.8, 4) is 5.75 Å². The van der Waals surface area contributed by atoms with E-state index in [4.69, 9.17) is 15.3 Å². The van der Waals surface area contributed by atoms with Gasteiger partial charge in [-0.25, -0.2) is 0 Å². The molecule has 0 radical (unpaired) electrons. The zero-order chi connectivity index (χ0) is 19.2.